The van der Waals surface area contributed by atoms with E-state index in [0.717, 1.165) is 5.75 Å². The third-order valence-electron chi connectivity index (χ3n) is 2.83. The van der Waals surface area contributed by atoms with Crippen molar-refractivity contribution < 1.29 is 5.11 Å². The van der Waals surface area contributed by atoms with Crippen molar-refractivity contribution in [1.29, 1.82) is 0 Å². The van der Waals surface area contributed by atoms with Crippen LogP contribution in [0.4, 0.5) is 0 Å². The van der Waals surface area contributed by atoms with Crippen LogP contribution in [0.3, 0.4) is 0 Å². The summed E-state index contributed by atoms with van der Waals surface area (Å²) in [4.78, 5) is 1.34. The molecule has 1 N–H and O–H groups in total. The Morgan fingerprint density at radius 2 is 2.07 bits per heavy atom. The molecule has 1 aliphatic rings. The van der Waals surface area contributed by atoms with E-state index in [1.54, 1.807) is 0 Å². The Morgan fingerprint density at radius 1 is 1.36 bits per heavy atom. The van der Waals surface area contributed by atoms with E-state index >= 15 is 0 Å². The molecule has 1 aromatic rings. The van der Waals surface area contributed by atoms with E-state index < -0.39 is 0 Å². The van der Waals surface area contributed by atoms with Gasteiger partial charge in [0, 0.05) is 16.6 Å². The highest BCUT2D eigenvalue weighted by Crippen LogP contribution is 2.42. The quantitative estimate of drug-likeness (QED) is 0.806. The molecular formula is C12H16OS. The Bertz CT molecular complexity index is 322. The normalized spacial score (nSPS) is 22.4. The molecule has 0 saturated heterocycles. The Morgan fingerprint density at radius 3 is 2.79 bits per heavy atom. The molecule has 0 bridgehead atoms. The van der Waals surface area contributed by atoms with E-state index in [4.69, 9.17) is 0 Å². The Labute approximate surface area is 89.5 Å². The molecule has 2 rings (SSSR count). The second-order valence-corrected chi connectivity index (χ2v) is 5.25. The smallest absolute Gasteiger partial charge is 0.0640 e. The maximum atomic E-state index is 10.1. The van der Waals surface area contributed by atoms with Gasteiger partial charge in [-0.2, -0.15) is 0 Å². The third-order valence-corrected chi connectivity index (χ3v) is 4.04. The van der Waals surface area contributed by atoms with Crippen LogP contribution in [0.15, 0.2) is 29.2 Å². The van der Waals surface area contributed by atoms with Gasteiger partial charge in [0.15, 0.2) is 0 Å². The van der Waals surface area contributed by atoms with Crippen LogP contribution in [0.5, 0.6) is 0 Å². The summed E-state index contributed by atoms with van der Waals surface area (Å²) in [6.07, 6.45) is -0.203. The molecule has 2 atom stereocenters. The van der Waals surface area contributed by atoms with Crippen molar-refractivity contribution in [2.75, 3.05) is 5.75 Å². The van der Waals surface area contributed by atoms with Gasteiger partial charge in [-0.3, -0.25) is 0 Å². The van der Waals surface area contributed by atoms with Crippen LogP contribution in [0.1, 0.15) is 25.3 Å². The maximum Gasteiger partial charge on any atom is 0.0640 e. The number of hydrogen-bond donors (Lipinski definition) is 1. The van der Waals surface area contributed by atoms with Gasteiger partial charge in [0.25, 0.3) is 0 Å². The molecule has 0 aromatic heterocycles. The van der Waals surface area contributed by atoms with Gasteiger partial charge < -0.3 is 5.11 Å². The van der Waals surface area contributed by atoms with Crippen molar-refractivity contribution in [2.45, 2.75) is 30.8 Å². The molecule has 2 unspecified atom stereocenters. The van der Waals surface area contributed by atoms with Gasteiger partial charge in [-0.05, 0) is 17.5 Å². The van der Waals surface area contributed by atoms with Crippen molar-refractivity contribution >= 4 is 11.8 Å². The van der Waals surface area contributed by atoms with Crippen molar-refractivity contribution in [3.63, 3.8) is 0 Å². The molecule has 76 valence electrons. The van der Waals surface area contributed by atoms with Crippen molar-refractivity contribution in [1.82, 2.24) is 0 Å². The lowest BCUT2D eigenvalue weighted by molar-refractivity contribution is 0.104. The highest BCUT2D eigenvalue weighted by molar-refractivity contribution is 7.99. The van der Waals surface area contributed by atoms with E-state index in [2.05, 4.69) is 38.1 Å². The van der Waals surface area contributed by atoms with E-state index in [1.165, 1.54) is 10.5 Å². The molecule has 0 fully saturated rings. The number of aliphatic hydroxyl groups is 1. The van der Waals surface area contributed by atoms with Gasteiger partial charge in [-0.25, -0.2) is 0 Å². The summed E-state index contributed by atoms with van der Waals surface area (Å²) >= 11 is 1.86. The topological polar surface area (TPSA) is 20.2 Å². The zero-order chi connectivity index (χ0) is 10.1. The highest BCUT2D eigenvalue weighted by Gasteiger charge is 2.30. The molecule has 0 aliphatic carbocycles. The van der Waals surface area contributed by atoms with Gasteiger partial charge >= 0.3 is 0 Å². The van der Waals surface area contributed by atoms with E-state index in [-0.39, 0.29) is 6.10 Å². The lowest BCUT2D eigenvalue weighted by atomic mass is 9.89. The standard InChI is InChI=1S/C12H16OS/c1-8(2)12(13)10-7-14-11-6-4-3-5-9(10)11/h3-6,8,10,12-13H,7H2,1-2H3. The fourth-order valence-corrected chi connectivity index (χ4v) is 3.23. The molecule has 1 aromatic carbocycles. The molecule has 0 radical (unpaired) electrons. The summed E-state index contributed by atoms with van der Waals surface area (Å²) in [6, 6.07) is 8.42. The first-order chi connectivity index (χ1) is 6.70. The number of aliphatic hydroxyl groups excluding tert-OH is 1. The minimum atomic E-state index is -0.203. The number of thioether (sulfide) groups is 1. The van der Waals surface area contributed by atoms with Crippen molar-refractivity contribution in [3.05, 3.63) is 29.8 Å². The summed E-state index contributed by atoms with van der Waals surface area (Å²) in [5, 5.41) is 10.1. The van der Waals surface area contributed by atoms with Crippen LogP contribution in [0.25, 0.3) is 0 Å². The van der Waals surface area contributed by atoms with Gasteiger partial charge in [0.2, 0.25) is 0 Å². The van der Waals surface area contributed by atoms with Gasteiger partial charge in [-0.15, -0.1) is 11.8 Å². The van der Waals surface area contributed by atoms with E-state index in [1.807, 2.05) is 11.8 Å². The van der Waals surface area contributed by atoms with E-state index in [9.17, 15) is 5.11 Å². The zero-order valence-electron chi connectivity index (χ0n) is 8.60. The number of hydrogen-bond acceptors (Lipinski definition) is 2. The predicted molar refractivity (Wildman–Crippen MR) is 60.8 cm³/mol. The summed E-state index contributed by atoms with van der Waals surface area (Å²) in [5.74, 6) is 1.70. The number of fused-ring (bicyclic) bond motifs is 1. The lowest BCUT2D eigenvalue weighted by Gasteiger charge is -2.21. The molecule has 0 saturated carbocycles. The summed E-state index contributed by atoms with van der Waals surface area (Å²) in [7, 11) is 0. The molecule has 2 heteroatoms. The highest BCUT2D eigenvalue weighted by atomic mass is 32.2. The molecule has 14 heavy (non-hydrogen) atoms. The van der Waals surface area contributed by atoms with E-state index in [0.29, 0.717) is 11.8 Å². The van der Waals surface area contributed by atoms with Crippen LogP contribution in [-0.4, -0.2) is 17.0 Å². The average Bonchev–Trinajstić information content (AvgIpc) is 2.60. The van der Waals surface area contributed by atoms with Crippen LogP contribution in [0, 0.1) is 5.92 Å². The van der Waals surface area contributed by atoms with Crippen LogP contribution < -0.4 is 0 Å². The Kier molecular flexibility index (Phi) is 2.84. The zero-order valence-corrected chi connectivity index (χ0v) is 9.42. The summed E-state index contributed by atoms with van der Waals surface area (Å²) in [5.41, 5.74) is 1.33. The molecule has 1 nitrogen and oxygen atoms in total. The van der Waals surface area contributed by atoms with Crippen LogP contribution >= 0.6 is 11.8 Å². The monoisotopic (exact) mass is 208 g/mol. The molecule has 1 heterocycles. The minimum Gasteiger partial charge on any atom is -0.392 e. The largest absolute Gasteiger partial charge is 0.392 e. The van der Waals surface area contributed by atoms with Crippen LogP contribution in [0.2, 0.25) is 0 Å². The van der Waals surface area contributed by atoms with Gasteiger partial charge in [-0.1, -0.05) is 32.0 Å². The molecule has 1 aliphatic heterocycles. The summed E-state index contributed by atoms with van der Waals surface area (Å²) < 4.78 is 0. The van der Waals surface area contributed by atoms with Gasteiger partial charge in [0.1, 0.15) is 0 Å². The SMILES string of the molecule is CC(C)C(O)C1CSc2ccccc21. The fraction of sp³-hybridized carbons (Fsp3) is 0.500. The lowest BCUT2D eigenvalue weighted by Crippen LogP contribution is -2.24. The minimum absolute atomic E-state index is 0.203. The number of benzene rings is 1. The number of rotatable bonds is 2. The molecular weight excluding hydrogens is 192 g/mol. The first-order valence-corrected chi connectivity index (χ1v) is 6.08. The molecule has 0 amide bonds. The first kappa shape index (κ1) is 10.1. The Balaban J connectivity index is 2.26. The van der Waals surface area contributed by atoms with Crippen molar-refractivity contribution in [3.8, 4) is 0 Å². The first-order valence-electron chi connectivity index (χ1n) is 5.10. The molecule has 0 spiro atoms. The predicted octanol–water partition coefficient (Wildman–Crippen LogP) is 2.89. The van der Waals surface area contributed by atoms with Crippen molar-refractivity contribution in [2.24, 2.45) is 5.92 Å². The average molecular weight is 208 g/mol. The van der Waals surface area contributed by atoms with Crippen LogP contribution in [-0.2, 0) is 0 Å². The summed E-state index contributed by atoms with van der Waals surface area (Å²) in [6.45, 7) is 4.16. The Hall–Kier alpha value is -0.470. The maximum absolute atomic E-state index is 10.1. The third kappa shape index (κ3) is 1.69. The fourth-order valence-electron chi connectivity index (χ4n) is 1.93. The second kappa shape index (κ2) is 3.95. The van der Waals surface area contributed by atoms with Gasteiger partial charge in [0.05, 0.1) is 6.10 Å². The second-order valence-electron chi connectivity index (χ2n) is 4.19.